The smallest absolute Gasteiger partial charge is 0.0948 e. The molecule has 0 radical (unpaired) electrons. The number of imidazole rings is 1. The quantitative estimate of drug-likeness (QED) is 0.615. The second kappa shape index (κ2) is 8.24. The summed E-state index contributed by atoms with van der Waals surface area (Å²) in [4.78, 5) is 4.21. The van der Waals surface area contributed by atoms with E-state index in [1.165, 1.54) is 0 Å². The molecule has 1 heterocycles. The second-order valence-electron chi connectivity index (χ2n) is 4.73. The zero-order valence-electron chi connectivity index (χ0n) is 11.5. The molecule has 0 bridgehead atoms. The molecule has 0 spiro atoms. The summed E-state index contributed by atoms with van der Waals surface area (Å²) in [5.74, 6) is 0. The van der Waals surface area contributed by atoms with Gasteiger partial charge < -0.3 is 20.7 Å². The molecule has 0 saturated carbocycles. The summed E-state index contributed by atoms with van der Waals surface area (Å²) in [5.41, 5.74) is 7.00. The molecule has 0 fully saturated rings. The van der Waals surface area contributed by atoms with Gasteiger partial charge in [-0.2, -0.15) is 0 Å². The van der Waals surface area contributed by atoms with Gasteiger partial charge in [-0.15, -0.1) is 0 Å². The average Bonchev–Trinajstić information content (AvgIpc) is 2.82. The number of nitrogens with zero attached hydrogens (tertiary/aromatic N) is 2. The summed E-state index contributed by atoms with van der Waals surface area (Å²) >= 11 is 0. The number of nitrogens with one attached hydrogen (secondary N) is 1. The van der Waals surface area contributed by atoms with Gasteiger partial charge in [0.2, 0.25) is 0 Å². The number of hydrogen-bond acceptors (Lipinski definition) is 4. The van der Waals surface area contributed by atoms with E-state index in [4.69, 9.17) is 10.8 Å². The largest absolute Gasteiger partial charge is 0.396 e. The van der Waals surface area contributed by atoms with E-state index < -0.39 is 0 Å². The fourth-order valence-corrected chi connectivity index (χ4v) is 2.15. The SMILES string of the molecule is CCCn1cncc1C(CN)NC(C)CCCO. The summed E-state index contributed by atoms with van der Waals surface area (Å²) in [7, 11) is 0. The zero-order chi connectivity index (χ0) is 13.4. The number of aliphatic hydroxyl groups excluding tert-OH is 1. The van der Waals surface area contributed by atoms with Crippen LogP contribution >= 0.6 is 0 Å². The Balaban J connectivity index is 2.61. The Kier molecular flexibility index (Phi) is 6.93. The van der Waals surface area contributed by atoms with Crippen molar-refractivity contribution in [2.45, 2.75) is 51.7 Å². The van der Waals surface area contributed by atoms with Gasteiger partial charge in [0.15, 0.2) is 0 Å². The minimum Gasteiger partial charge on any atom is -0.396 e. The lowest BCUT2D eigenvalue weighted by Crippen LogP contribution is -2.36. The fourth-order valence-electron chi connectivity index (χ4n) is 2.15. The summed E-state index contributed by atoms with van der Waals surface area (Å²) in [6, 6.07) is 0.475. The van der Waals surface area contributed by atoms with Crippen molar-refractivity contribution < 1.29 is 5.11 Å². The Morgan fingerprint density at radius 3 is 2.94 bits per heavy atom. The Morgan fingerprint density at radius 2 is 2.33 bits per heavy atom. The van der Waals surface area contributed by atoms with Crippen LogP contribution in [0, 0.1) is 0 Å². The number of hydrogen-bond donors (Lipinski definition) is 3. The lowest BCUT2D eigenvalue weighted by molar-refractivity contribution is 0.273. The normalized spacial score (nSPS) is 14.7. The molecule has 5 nitrogen and oxygen atoms in total. The predicted molar refractivity (Wildman–Crippen MR) is 73.2 cm³/mol. The molecule has 0 aliphatic carbocycles. The van der Waals surface area contributed by atoms with Crippen LogP contribution in [0.1, 0.15) is 44.8 Å². The lowest BCUT2D eigenvalue weighted by Gasteiger charge is -2.23. The van der Waals surface area contributed by atoms with Gasteiger partial charge in [-0.25, -0.2) is 4.98 Å². The molecule has 0 aromatic carbocycles. The molecule has 1 rings (SSSR count). The van der Waals surface area contributed by atoms with Gasteiger partial charge in [-0.05, 0) is 26.2 Å². The van der Waals surface area contributed by atoms with Crippen LogP contribution in [0.25, 0.3) is 0 Å². The van der Waals surface area contributed by atoms with Crippen LogP contribution in [0.15, 0.2) is 12.5 Å². The molecule has 18 heavy (non-hydrogen) atoms. The van der Waals surface area contributed by atoms with Gasteiger partial charge in [0.1, 0.15) is 0 Å². The molecule has 0 amide bonds. The van der Waals surface area contributed by atoms with E-state index in [0.717, 1.165) is 31.5 Å². The highest BCUT2D eigenvalue weighted by Gasteiger charge is 2.16. The minimum atomic E-state index is 0.132. The first-order valence-corrected chi connectivity index (χ1v) is 6.79. The van der Waals surface area contributed by atoms with Crippen LogP contribution in [-0.4, -0.2) is 33.9 Å². The van der Waals surface area contributed by atoms with Crippen LogP contribution in [0.2, 0.25) is 0 Å². The van der Waals surface area contributed by atoms with E-state index in [1.807, 2.05) is 12.5 Å². The Morgan fingerprint density at radius 1 is 1.56 bits per heavy atom. The molecular weight excluding hydrogens is 228 g/mol. The van der Waals surface area contributed by atoms with Gasteiger partial charge in [0, 0.05) is 31.9 Å². The van der Waals surface area contributed by atoms with Crippen LogP contribution in [0.3, 0.4) is 0 Å². The maximum absolute atomic E-state index is 8.84. The van der Waals surface area contributed by atoms with Crippen LogP contribution in [-0.2, 0) is 6.54 Å². The third-order valence-electron chi connectivity index (χ3n) is 3.08. The first-order chi connectivity index (χ1) is 8.72. The average molecular weight is 254 g/mol. The van der Waals surface area contributed by atoms with Crippen molar-refractivity contribution >= 4 is 0 Å². The van der Waals surface area contributed by atoms with Crippen molar-refractivity contribution in [3.63, 3.8) is 0 Å². The lowest BCUT2D eigenvalue weighted by atomic mass is 10.1. The van der Waals surface area contributed by atoms with Crippen molar-refractivity contribution in [3.8, 4) is 0 Å². The number of nitrogens with two attached hydrogens (primary N) is 1. The van der Waals surface area contributed by atoms with Gasteiger partial charge >= 0.3 is 0 Å². The van der Waals surface area contributed by atoms with Crippen molar-refractivity contribution in [2.75, 3.05) is 13.2 Å². The van der Waals surface area contributed by atoms with E-state index in [2.05, 4.69) is 28.7 Å². The summed E-state index contributed by atoms with van der Waals surface area (Å²) < 4.78 is 2.16. The first-order valence-electron chi connectivity index (χ1n) is 6.79. The highest BCUT2D eigenvalue weighted by Crippen LogP contribution is 2.14. The number of aryl methyl sites for hydroxylation is 1. The molecule has 1 aromatic heterocycles. The van der Waals surface area contributed by atoms with E-state index in [-0.39, 0.29) is 12.6 Å². The molecular formula is C13H26N4O. The van der Waals surface area contributed by atoms with E-state index in [9.17, 15) is 0 Å². The van der Waals surface area contributed by atoms with Crippen molar-refractivity contribution in [1.29, 1.82) is 0 Å². The standard InChI is InChI=1S/C13H26N4O/c1-3-6-17-10-15-9-13(17)12(8-14)16-11(2)5-4-7-18/h9-12,16,18H,3-8,14H2,1-2H3. The maximum Gasteiger partial charge on any atom is 0.0948 e. The summed E-state index contributed by atoms with van der Waals surface area (Å²) in [5, 5.41) is 12.3. The van der Waals surface area contributed by atoms with E-state index >= 15 is 0 Å². The van der Waals surface area contributed by atoms with Crippen molar-refractivity contribution in [3.05, 3.63) is 18.2 Å². The van der Waals surface area contributed by atoms with Gasteiger partial charge in [-0.3, -0.25) is 0 Å². The molecule has 0 aliphatic rings. The van der Waals surface area contributed by atoms with Gasteiger partial charge in [0.25, 0.3) is 0 Å². The van der Waals surface area contributed by atoms with Crippen LogP contribution in [0.5, 0.6) is 0 Å². The molecule has 104 valence electrons. The monoisotopic (exact) mass is 254 g/mol. The highest BCUT2D eigenvalue weighted by molar-refractivity contribution is 5.06. The van der Waals surface area contributed by atoms with E-state index in [0.29, 0.717) is 12.6 Å². The predicted octanol–water partition coefficient (Wildman–Crippen LogP) is 1.04. The molecule has 0 saturated heterocycles. The van der Waals surface area contributed by atoms with Gasteiger partial charge in [0.05, 0.1) is 18.1 Å². The Labute approximate surface area is 109 Å². The van der Waals surface area contributed by atoms with Crippen molar-refractivity contribution in [1.82, 2.24) is 14.9 Å². The van der Waals surface area contributed by atoms with E-state index in [1.54, 1.807) is 0 Å². The number of aliphatic hydroxyl groups is 1. The van der Waals surface area contributed by atoms with Crippen LogP contribution in [0.4, 0.5) is 0 Å². The number of aromatic nitrogens is 2. The second-order valence-corrected chi connectivity index (χ2v) is 4.73. The third-order valence-corrected chi connectivity index (χ3v) is 3.08. The molecule has 1 aromatic rings. The Hall–Kier alpha value is -0.910. The van der Waals surface area contributed by atoms with Crippen molar-refractivity contribution in [2.24, 2.45) is 5.73 Å². The minimum absolute atomic E-state index is 0.132. The maximum atomic E-state index is 8.84. The number of rotatable bonds is 9. The first kappa shape index (κ1) is 15.1. The van der Waals surface area contributed by atoms with Gasteiger partial charge in [-0.1, -0.05) is 6.92 Å². The summed E-state index contributed by atoms with van der Waals surface area (Å²) in [6.45, 7) is 6.04. The fraction of sp³-hybridized carbons (Fsp3) is 0.769. The third kappa shape index (κ3) is 4.40. The highest BCUT2D eigenvalue weighted by atomic mass is 16.2. The molecule has 2 unspecified atom stereocenters. The zero-order valence-corrected chi connectivity index (χ0v) is 11.5. The van der Waals surface area contributed by atoms with Crippen LogP contribution < -0.4 is 11.1 Å². The topological polar surface area (TPSA) is 76.1 Å². The molecule has 5 heteroatoms. The Bertz CT molecular complexity index is 327. The summed E-state index contributed by atoms with van der Waals surface area (Å²) in [6.07, 6.45) is 6.61. The molecule has 0 aliphatic heterocycles. The molecule has 4 N–H and O–H groups in total. The molecule has 2 atom stereocenters.